The summed E-state index contributed by atoms with van der Waals surface area (Å²) in [7, 11) is 1.58. The summed E-state index contributed by atoms with van der Waals surface area (Å²) in [6.07, 6.45) is 2.07. The van der Waals surface area contributed by atoms with Gasteiger partial charge in [-0.2, -0.15) is 0 Å². The summed E-state index contributed by atoms with van der Waals surface area (Å²) < 4.78 is 6.34. The van der Waals surface area contributed by atoms with E-state index >= 15 is 0 Å². The molecule has 2 N–H and O–H groups in total. The number of nitrogens with one attached hydrogen (secondary N) is 2. The predicted octanol–water partition coefficient (Wildman–Crippen LogP) is 4.92. The van der Waals surface area contributed by atoms with E-state index in [1.165, 1.54) is 0 Å². The number of methoxy groups -OCH3 is 1. The van der Waals surface area contributed by atoms with Gasteiger partial charge in [0.2, 0.25) is 5.91 Å². The minimum Gasteiger partial charge on any atom is -0.495 e. The fourth-order valence-corrected chi connectivity index (χ4v) is 5.55. The number of aromatic nitrogens is 1. The molecular weight excluding hydrogens is 496 g/mol. The third-order valence-corrected chi connectivity index (χ3v) is 7.15. The Morgan fingerprint density at radius 3 is 2.84 bits per heavy atom. The molecule has 0 saturated carbocycles. The number of carbonyl (C=O) groups excluding carboxylic acids is 1. The number of ether oxygens (including phenoxy) is 1. The van der Waals surface area contributed by atoms with Crippen LogP contribution >= 0.6 is 39.5 Å². The van der Waals surface area contributed by atoms with E-state index in [1.54, 1.807) is 24.6 Å². The molecule has 160 valence electrons. The summed E-state index contributed by atoms with van der Waals surface area (Å²) in [5.41, 5.74) is 1.57. The largest absolute Gasteiger partial charge is 0.495 e. The molecule has 1 aliphatic rings. The molecule has 0 aliphatic carbocycles. The molecule has 2 aromatic heterocycles. The van der Waals surface area contributed by atoms with Crippen LogP contribution in [0.15, 0.2) is 64.6 Å². The second-order valence-corrected chi connectivity index (χ2v) is 9.23. The molecule has 1 aromatic carbocycles. The highest BCUT2D eigenvalue weighted by Gasteiger charge is 2.40. The number of nitrogens with zero attached hydrogens (tertiary/aromatic N) is 2. The Morgan fingerprint density at radius 1 is 1.32 bits per heavy atom. The van der Waals surface area contributed by atoms with Crippen LogP contribution in [0.25, 0.3) is 0 Å². The van der Waals surface area contributed by atoms with Gasteiger partial charge in [0.25, 0.3) is 0 Å². The third kappa shape index (κ3) is 4.89. The van der Waals surface area contributed by atoms with Crippen molar-refractivity contribution in [2.75, 3.05) is 19.0 Å². The van der Waals surface area contributed by atoms with Gasteiger partial charge in [-0.25, -0.2) is 0 Å². The first-order chi connectivity index (χ1) is 15.1. The second-order valence-electron chi connectivity index (χ2n) is 6.99. The number of carbonyl (C=O) groups is 1. The molecule has 2 atom stereocenters. The lowest BCUT2D eigenvalue weighted by molar-refractivity contribution is -0.116. The van der Waals surface area contributed by atoms with Gasteiger partial charge in [-0.05, 0) is 58.5 Å². The normalized spacial score (nSPS) is 18.0. The molecule has 9 heteroatoms. The van der Waals surface area contributed by atoms with Crippen LogP contribution in [-0.2, 0) is 4.79 Å². The van der Waals surface area contributed by atoms with Crippen LogP contribution in [0.2, 0.25) is 0 Å². The van der Waals surface area contributed by atoms with Crippen LogP contribution in [-0.4, -0.2) is 34.6 Å². The van der Waals surface area contributed by atoms with Crippen molar-refractivity contribution in [3.63, 3.8) is 0 Å². The first kappa shape index (κ1) is 21.7. The van der Waals surface area contributed by atoms with Crippen LogP contribution in [0, 0.1) is 0 Å². The maximum atomic E-state index is 12.7. The Bertz CT molecular complexity index is 1080. The molecule has 1 saturated heterocycles. The van der Waals surface area contributed by atoms with Gasteiger partial charge in [0.05, 0.1) is 30.6 Å². The number of anilines is 1. The monoisotopic (exact) mass is 516 g/mol. The molecule has 0 bridgehead atoms. The van der Waals surface area contributed by atoms with Gasteiger partial charge in [0, 0.05) is 33.9 Å². The second kappa shape index (κ2) is 9.76. The summed E-state index contributed by atoms with van der Waals surface area (Å²) in [5.74, 6) is 0.533. The smallest absolute Gasteiger partial charge is 0.226 e. The van der Waals surface area contributed by atoms with E-state index in [2.05, 4.69) is 47.9 Å². The van der Waals surface area contributed by atoms with Gasteiger partial charge in [0.1, 0.15) is 5.75 Å². The number of thiophene rings is 1. The average molecular weight is 517 g/mol. The van der Waals surface area contributed by atoms with Gasteiger partial charge < -0.3 is 20.3 Å². The molecule has 3 aromatic rings. The molecule has 4 rings (SSSR count). The fourth-order valence-electron chi connectivity index (χ4n) is 3.62. The number of halogens is 1. The molecule has 6 nitrogen and oxygen atoms in total. The third-order valence-electron chi connectivity index (χ3n) is 5.04. The number of benzene rings is 1. The molecule has 31 heavy (non-hydrogen) atoms. The van der Waals surface area contributed by atoms with E-state index in [1.807, 2.05) is 42.5 Å². The van der Waals surface area contributed by atoms with E-state index in [9.17, 15) is 4.79 Å². The summed E-state index contributed by atoms with van der Waals surface area (Å²) in [6.45, 7) is 0.482. The quantitative estimate of drug-likeness (QED) is 0.434. The molecule has 0 radical (unpaired) electrons. The number of thiocarbonyl (C=S) groups is 1. The number of amides is 1. The Labute approximate surface area is 198 Å². The standard InChI is InChI=1S/C22H21BrN4O2S2/c1-29-17-8-3-2-6-15(17)25-19(28)9-11-27-21(18-12-14(23)13-31-18)20(26-22(27)30)16-7-4-5-10-24-16/h2-8,10,12-13,20-21H,9,11H2,1H3,(H,25,28)(H,26,30)/t20-,21-/m1/s1. The minimum atomic E-state index is -0.0975. The zero-order valence-corrected chi connectivity index (χ0v) is 20.0. The van der Waals surface area contributed by atoms with Crippen molar-refractivity contribution in [2.45, 2.75) is 18.5 Å². The van der Waals surface area contributed by atoms with Crippen LogP contribution in [0.3, 0.4) is 0 Å². The highest BCUT2D eigenvalue weighted by atomic mass is 79.9. The Balaban J connectivity index is 1.52. The zero-order valence-electron chi connectivity index (χ0n) is 16.7. The van der Waals surface area contributed by atoms with Crippen molar-refractivity contribution in [3.05, 3.63) is 75.2 Å². The Kier molecular flexibility index (Phi) is 6.84. The maximum Gasteiger partial charge on any atom is 0.226 e. The van der Waals surface area contributed by atoms with Gasteiger partial charge in [0.15, 0.2) is 5.11 Å². The lowest BCUT2D eigenvalue weighted by Crippen LogP contribution is -2.32. The molecular formula is C22H21BrN4O2S2. The van der Waals surface area contributed by atoms with E-state index in [-0.39, 0.29) is 24.4 Å². The van der Waals surface area contributed by atoms with Crippen molar-refractivity contribution < 1.29 is 9.53 Å². The van der Waals surface area contributed by atoms with Crippen molar-refractivity contribution >= 4 is 56.2 Å². The van der Waals surface area contributed by atoms with Crippen LogP contribution in [0.5, 0.6) is 5.75 Å². The number of pyridine rings is 1. The predicted molar refractivity (Wildman–Crippen MR) is 130 cm³/mol. The Hall–Kier alpha value is -2.49. The molecule has 1 aliphatic heterocycles. The number of para-hydroxylation sites is 2. The molecule has 0 unspecified atom stereocenters. The highest BCUT2D eigenvalue weighted by molar-refractivity contribution is 9.10. The van der Waals surface area contributed by atoms with Crippen molar-refractivity contribution in [3.8, 4) is 5.75 Å². The van der Waals surface area contributed by atoms with E-state index in [0.29, 0.717) is 23.1 Å². The van der Waals surface area contributed by atoms with E-state index in [0.717, 1.165) is 15.0 Å². The van der Waals surface area contributed by atoms with Gasteiger partial charge in [-0.15, -0.1) is 11.3 Å². The van der Waals surface area contributed by atoms with Gasteiger partial charge in [-0.3, -0.25) is 9.78 Å². The lowest BCUT2D eigenvalue weighted by atomic mass is 10.0. The first-order valence-corrected chi connectivity index (χ1v) is 11.8. The van der Waals surface area contributed by atoms with Crippen LogP contribution in [0.1, 0.15) is 29.1 Å². The molecule has 3 heterocycles. The van der Waals surface area contributed by atoms with E-state index in [4.69, 9.17) is 17.0 Å². The van der Waals surface area contributed by atoms with Crippen molar-refractivity contribution in [2.24, 2.45) is 0 Å². The SMILES string of the molecule is COc1ccccc1NC(=O)CCN1C(=S)N[C@H](c2ccccn2)[C@H]1c1cc(Br)cs1. The fraction of sp³-hybridized carbons (Fsp3) is 0.227. The van der Waals surface area contributed by atoms with Crippen LogP contribution < -0.4 is 15.4 Å². The molecule has 1 amide bonds. The average Bonchev–Trinajstić information content (AvgIpc) is 3.35. The highest BCUT2D eigenvalue weighted by Crippen LogP contribution is 2.41. The number of hydrogen-bond donors (Lipinski definition) is 2. The summed E-state index contributed by atoms with van der Waals surface area (Å²) in [4.78, 5) is 20.4. The summed E-state index contributed by atoms with van der Waals surface area (Å²) in [5, 5.41) is 9.01. The number of rotatable bonds is 7. The zero-order chi connectivity index (χ0) is 21.8. The summed E-state index contributed by atoms with van der Waals surface area (Å²) in [6, 6.07) is 15.2. The number of hydrogen-bond acceptors (Lipinski definition) is 5. The van der Waals surface area contributed by atoms with Crippen molar-refractivity contribution in [1.82, 2.24) is 15.2 Å². The van der Waals surface area contributed by atoms with Gasteiger partial charge in [-0.1, -0.05) is 18.2 Å². The van der Waals surface area contributed by atoms with E-state index < -0.39 is 0 Å². The van der Waals surface area contributed by atoms with Gasteiger partial charge >= 0.3 is 0 Å². The summed E-state index contributed by atoms with van der Waals surface area (Å²) >= 11 is 10.9. The first-order valence-electron chi connectivity index (χ1n) is 9.71. The topological polar surface area (TPSA) is 66.5 Å². The molecule has 1 fully saturated rings. The maximum absolute atomic E-state index is 12.7. The minimum absolute atomic E-state index is 0.0437. The lowest BCUT2D eigenvalue weighted by Gasteiger charge is -2.26. The Morgan fingerprint density at radius 2 is 2.13 bits per heavy atom. The molecule has 0 spiro atoms. The van der Waals surface area contributed by atoms with Crippen molar-refractivity contribution in [1.29, 1.82) is 0 Å². The van der Waals surface area contributed by atoms with Crippen LogP contribution in [0.4, 0.5) is 5.69 Å².